The van der Waals surface area contributed by atoms with Crippen molar-refractivity contribution in [1.29, 1.82) is 0 Å². The molecule has 0 bridgehead atoms. The summed E-state index contributed by atoms with van der Waals surface area (Å²) < 4.78 is 11.2. The number of nitrogens with zero attached hydrogens (tertiary/aromatic N) is 3. The number of rotatable bonds is 12. The normalized spacial score (nSPS) is 12.2. The van der Waals surface area contributed by atoms with Crippen LogP contribution in [-0.4, -0.2) is 70.1 Å². The summed E-state index contributed by atoms with van der Waals surface area (Å²) in [4.78, 5) is 20.2. The maximum absolute atomic E-state index is 11.1. The lowest BCUT2D eigenvalue weighted by Gasteiger charge is -2.17. The van der Waals surface area contributed by atoms with Gasteiger partial charge in [0, 0.05) is 23.5 Å². The van der Waals surface area contributed by atoms with E-state index in [9.17, 15) is 9.90 Å². The number of aryl methyl sites for hydroxylation is 2. The molecule has 0 spiro atoms. The van der Waals surface area contributed by atoms with Gasteiger partial charge in [-0.15, -0.1) is 11.3 Å². The lowest BCUT2D eigenvalue weighted by molar-refractivity contribution is -0.124. The van der Waals surface area contributed by atoms with Crippen LogP contribution in [0.15, 0.2) is 22.7 Å². The van der Waals surface area contributed by atoms with Crippen LogP contribution < -0.4 is 10.1 Å². The van der Waals surface area contributed by atoms with E-state index >= 15 is 0 Å². The molecular formula is C24H31ClN4O5S. The Hall–Kier alpha value is -2.50. The van der Waals surface area contributed by atoms with Crippen molar-refractivity contribution in [3.05, 3.63) is 39.2 Å². The largest absolute Gasteiger partial charge is 0.489 e. The van der Waals surface area contributed by atoms with Gasteiger partial charge in [0.25, 0.3) is 5.89 Å². The Morgan fingerprint density at radius 1 is 1.26 bits per heavy atom. The number of carbonyl (C=O) groups is 1. The lowest BCUT2D eigenvalue weighted by atomic mass is 10.1. The summed E-state index contributed by atoms with van der Waals surface area (Å²) in [5.41, 5.74) is 2.62. The molecule has 0 unspecified atom stereocenters. The highest BCUT2D eigenvalue weighted by atomic mass is 35.5. The fraction of sp³-hybridized carbons (Fsp3) is 0.458. The summed E-state index contributed by atoms with van der Waals surface area (Å²) in [6, 6.07) is 5.59. The van der Waals surface area contributed by atoms with E-state index in [0.717, 1.165) is 30.1 Å². The number of aromatic nitrogens is 2. The molecule has 0 saturated heterocycles. The van der Waals surface area contributed by atoms with Crippen molar-refractivity contribution in [1.82, 2.24) is 20.4 Å². The summed E-state index contributed by atoms with van der Waals surface area (Å²) in [6.07, 6.45) is -0.957. The van der Waals surface area contributed by atoms with Gasteiger partial charge >= 0.3 is 0 Å². The van der Waals surface area contributed by atoms with Gasteiger partial charge < -0.3 is 24.8 Å². The smallest absolute Gasteiger partial charge is 0.268 e. The van der Waals surface area contributed by atoms with Gasteiger partial charge in [-0.25, -0.2) is 0 Å². The summed E-state index contributed by atoms with van der Waals surface area (Å²) in [5, 5.41) is 25.6. The molecule has 0 fully saturated rings. The molecule has 1 atom stereocenters. The predicted molar refractivity (Wildman–Crippen MR) is 136 cm³/mol. The molecule has 3 aromatic rings. The quantitative estimate of drug-likeness (QED) is 0.331. The molecule has 0 aliphatic carbocycles. The summed E-state index contributed by atoms with van der Waals surface area (Å²) >= 11 is 8.10. The Bertz CT molecular complexity index is 1120. The van der Waals surface area contributed by atoms with E-state index in [-0.39, 0.29) is 13.2 Å². The minimum Gasteiger partial charge on any atom is -0.489 e. The zero-order valence-electron chi connectivity index (χ0n) is 20.3. The van der Waals surface area contributed by atoms with E-state index in [2.05, 4.69) is 47.2 Å². The number of aliphatic hydroxyl groups excluding tert-OH is 2. The second kappa shape index (κ2) is 12.5. The number of halogens is 1. The third-order valence-corrected chi connectivity index (χ3v) is 7.00. The summed E-state index contributed by atoms with van der Waals surface area (Å²) in [5.74, 6) is 0.724. The third-order valence-electron chi connectivity index (χ3n) is 5.51. The Morgan fingerprint density at radius 3 is 2.66 bits per heavy atom. The number of amides is 1. The molecule has 0 radical (unpaired) electrons. The standard InChI is InChI=1S/C24H31ClN4O5S/c1-5-29(6-2)11-20-14(3)8-19(35-20)24-27-23(28-34-24)16-7-15(4)22(18(25)9-16)33-13-17(31)10-26-21(32)12-30/h7-9,17,30-31H,5-6,10-13H2,1-4H3,(H,26,32)/t17-/m0/s1. The van der Waals surface area contributed by atoms with E-state index in [1.807, 2.05) is 13.0 Å². The Balaban J connectivity index is 1.71. The van der Waals surface area contributed by atoms with Crippen LogP contribution in [-0.2, 0) is 11.3 Å². The molecule has 3 rings (SSSR count). The first kappa shape index (κ1) is 27.1. The SMILES string of the molecule is CCN(CC)Cc1sc(-c2nc(-c3cc(C)c(OC[C@@H](O)CNC(=O)CO)c(Cl)c3)no2)cc1C. The van der Waals surface area contributed by atoms with Crippen molar-refractivity contribution in [2.75, 3.05) is 32.8 Å². The van der Waals surface area contributed by atoms with Gasteiger partial charge in [0.15, 0.2) is 0 Å². The van der Waals surface area contributed by atoms with Gasteiger partial charge in [-0.3, -0.25) is 9.69 Å². The zero-order valence-corrected chi connectivity index (χ0v) is 21.9. The molecule has 0 aliphatic heterocycles. The van der Waals surface area contributed by atoms with Crippen molar-refractivity contribution < 1.29 is 24.3 Å². The molecule has 1 amide bonds. The number of aliphatic hydroxyl groups is 2. The van der Waals surface area contributed by atoms with Crippen LogP contribution >= 0.6 is 22.9 Å². The molecule has 11 heteroatoms. The lowest BCUT2D eigenvalue weighted by Crippen LogP contribution is -2.36. The van der Waals surface area contributed by atoms with Crippen molar-refractivity contribution in [2.45, 2.75) is 40.3 Å². The van der Waals surface area contributed by atoms with Crippen LogP contribution in [0.2, 0.25) is 5.02 Å². The monoisotopic (exact) mass is 522 g/mol. The highest BCUT2D eigenvalue weighted by Gasteiger charge is 2.18. The molecule has 2 aromatic heterocycles. The number of nitrogens with one attached hydrogen (secondary N) is 1. The van der Waals surface area contributed by atoms with Crippen LogP contribution in [0.5, 0.6) is 5.75 Å². The number of carbonyl (C=O) groups excluding carboxylic acids is 1. The molecule has 3 N–H and O–H groups in total. The van der Waals surface area contributed by atoms with Gasteiger partial charge in [-0.05, 0) is 56.3 Å². The average molecular weight is 523 g/mol. The maximum Gasteiger partial charge on any atom is 0.268 e. The van der Waals surface area contributed by atoms with Crippen LogP contribution in [0, 0.1) is 13.8 Å². The molecule has 190 valence electrons. The zero-order chi connectivity index (χ0) is 25.5. The Labute approximate surface area is 213 Å². The highest BCUT2D eigenvalue weighted by molar-refractivity contribution is 7.15. The number of benzene rings is 1. The molecule has 35 heavy (non-hydrogen) atoms. The molecule has 9 nitrogen and oxygen atoms in total. The molecular weight excluding hydrogens is 492 g/mol. The first-order valence-corrected chi connectivity index (χ1v) is 12.6. The minimum absolute atomic E-state index is 0.0430. The van der Waals surface area contributed by atoms with Crippen molar-refractivity contribution in [3.63, 3.8) is 0 Å². The van der Waals surface area contributed by atoms with Crippen LogP contribution in [0.25, 0.3) is 22.2 Å². The van der Waals surface area contributed by atoms with Crippen LogP contribution in [0.3, 0.4) is 0 Å². The minimum atomic E-state index is -0.957. The van der Waals surface area contributed by atoms with E-state index in [1.54, 1.807) is 17.4 Å². The number of thiophene rings is 1. The van der Waals surface area contributed by atoms with Gasteiger partial charge in [0.1, 0.15) is 25.1 Å². The van der Waals surface area contributed by atoms with Gasteiger partial charge in [-0.1, -0.05) is 30.6 Å². The maximum atomic E-state index is 11.1. The summed E-state index contributed by atoms with van der Waals surface area (Å²) in [6.45, 7) is 10.3. The first-order chi connectivity index (χ1) is 16.7. The van der Waals surface area contributed by atoms with Crippen LogP contribution in [0.4, 0.5) is 0 Å². The topological polar surface area (TPSA) is 121 Å². The van der Waals surface area contributed by atoms with Crippen molar-refractivity contribution in [2.24, 2.45) is 0 Å². The fourth-order valence-electron chi connectivity index (χ4n) is 3.44. The Morgan fingerprint density at radius 2 is 2.00 bits per heavy atom. The molecule has 0 aliphatic rings. The van der Waals surface area contributed by atoms with E-state index < -0.39 is 18.6 Å². The van der Waals surface area contributed by atoms with Gasteiger partial charge in [-0.2, -0.15) is 4.98 Å². The average Bonchev–Trinajstić information content (AvgIpc) is 3.47. The Kier molecular flexibility index (Phi) is 9.64. The second-order valence-corrected chi connectivity index (χ2v) is 9.68. The van der Waals surface area contributed by atoms with E-state index in [4.69, 9.17) is 26.0 Å². The van der Waals surface area contributed by atoms with E-state index in [1.165, 1.54) is 10.4 Å². The highest BCUT2D eigenvalue weighted by Crippen LogP contribution is 2.35. The van der Waals surface area contributed by atoms with Gasteiger partial charge in [0.05, 0.1) is 9.90 Å². The first-order valence-electron chi connectivity index (χ1n) is 11.4. The molecule has 2 heterocycles. The van der Waals surface area contributed by atoms with Crippen LogP contribution in [0.1, 0.15) is 29.9 Å². The van der Waals surface area contributed by atoms with Crippen molar-refractivity contribution >= 4 is 28.8 Å². The predicted octanol–water partition coefficient (Wildman–Crippen LogP) is 3.43. The molecule has 0 saturated carbocycles. The number of ether oxygens (including phenoxy) is 1. The van der Waals surface area contributed by atoms with Crippen molar-refractivity contribution in [3.8, 4) is 27.9 Å². The number of hydrogen-bond acceptors (Lipinski definition) is 9. The van der Waals surface area contributed by atoms with E-state index in [0.29, 0.717) is 28.1 Å². The number of hydrogen-bond donors (Lipinski definition) is 3. The van der Waals surface area contributed by atoms with Gasteiger partial charge in [0.2, 0.25) is 11.7 Å². The fourth-order valence-corrected chi connectivity index (χ4v) is 4.90. The second-order valence-electron chi connectivity index (χ2n) is 8.13. The summed E-state index contributed by atoms with van der Waals surface area (Å²) in [7, 11) is 0. The molecule has 1 aromatic carbocycles. The third kappa shape index (κ3) is 7.02.